The fourth-order valence-corrected chi connectivity index (χ4v) is 3.01. The van der Waals surface area contributed by atoms with E-state index in [1.807, 2.05) is 12.1 Å². The van der Waals surface area contributed by atoms with Crippen LogP contribution in [0.3, 0.4) is 0 Å². The maximum Gasteiger partial charge on any atom is 0.179 e. The van der Waals surface area contributed by atoms with Gasteiger partial charge in [-0.15, -0.1) is 0 Å². The lowest BCUT2D eigenvalue weighted by Crippen LogP contribution is -2.51. The number of nitrogens with one attached hydrogen (secondary N) is 1. The highest BCUT2D eigenvalue weighted by Gasteiger charge is 2.26. The first-order valence-electron chi connectivity index (χ1n) is 8.26. The van der Waals surface area contributed by atoms with Crippen molar-refractivity contribution in [2.75, 3.05) is 26.2 Å². The summed E-state index contributed by atoms with van der Waals surface area (Å²) >= 11 is 0. The van der Waals surface area contributed by atoms with E-state index < -0.39 is 0 Å². The van der Waals surface area contributed by atoms with Crippen molar-refractivity contribution >= 4 is 5.78 Å². The molecule has 1 fully saturated rings. The molecule has 1 aliphatic rings. The number of carbonyl (C=O) groups is 1. The topological polar surface area (TPSA) is 32.3 Å². The number of piperazine rings is 1. The molecule has 3 heteroatoms. The molecule has 1 aromatic carbocycles. The second-order valence-electron chi connectivity index (χ2n) is 6.01. The summed E-state index contributed by atoms with van der Waals surface area (Å²) in [5.74, 6) is 0.833. The number of ketones is 1. The van der Waals surface area contributed by atoms with Gasteiger partial charge < -0.3 is 5.32 Å². The molecule has 3 nitrogen and oxygen atoms in total. The van der Waals surface area contributed by atoms with Gasteiger partial charge in [0.25, 0.3) is 0 Å². The zero-order valence-corrected chi connectivity index (χ0v) is 13.6. The summed E-state index contributed by atoms with van der Waals surface area (Å²) < 4.78 is 0. The van der Waals surface area contributed by atoms with Crippen LogP contribution in [0.4, 0.5) is 0 Å². The third-order valence-electron chi connectivity index (χ3n) is 4.66. The highest BCUT2D eigenvalue weighted by atomic mass is 16.1. The van der Waals surface area contributed by atoms with E-state index in [1.54, 1.807) is 0 Å². The van der Waals surface area contributed by atoms with Crippen LogP contribution in [0.5, 0.6) is 0 Å². The van der Waals surface area contributed by atoms with Crippen molar-refractivity contribution in [1.29, 1.82) is 0 Å². The number of benzene rings is 1. The molecule has 0 aromatic heterocycles. The molecule has 21 heavy (non-hydrogen) atoms. The normalized spacial score (nSPS) is 19.2. The minimum atomic E-state index is 0.0292. The number of hydrogen-bond donors (Lipinski definition) is 1. The summed E-state index contributed by atoms with van der Waals surface area (Å²) in [6.07, 6.45) is 2.01. The number of Topliss-reactive ketones (excluding diaryl/α,β-unsaturated/α-hetero) is 1. The van der Waals surface area contributed by atoms with E-state index >= 15 is 0 Å². The van der Waals surface area contributed by atoms with Crippen molar-refractivity contribution in [2.45, 2.75) is 45.6 Å². The van der Waals surface area contributed by atoms with Crippen LogP contribution in [0.1, 0.15) is 55.5 Å². The Morgan fingerprint density at radius 3 is 2.29 bits per heavy atom. The zero-order valence-electron chi connectivity index (χ0n) is 13.6. The van der Waals surface area contributed by atoms with Gasteiger partial charge in [0.1, 0.15) is 0 Å². The van der Waals surface area contributed by atoms with E-state index in [4.69, 9.17) is 0 Å². The number of carbonyl (C=O) groups excluding carboxylic acids is 1. The van der Waals surface area contributed by atoms with E-state index in [0.717, 1.165) is 44.6 Å². The quantitative estimate of drug-likeness (QED) is 0.817. The molecular formula is C18H28N2O. The molecule has 0 amide bonds. The predicted octanol–water partition coefficient (Wildman–Crippen LogP) is 3.07. The zero-order chi connectivity index (χ0) is 15.2. The lowest BCUT2D eigenvalue weighted by Gasteiger charge is -2.33. The lowest BCUT2D eigenvalue weighted by atomic mass is 9.94. The Kier molecular flexibility index (Phi) is 5.95. The Bertz CT molecular complexity index is 449. The maximum atomic E-state index is 12.8. The smallest absolute Gasteiger partial charge is 0.179 e. The van der Waals surface area contributed by atoms with E-state index in [9.17, 15) is 4.79 Å². The van der Waals surface area contributed by atoms with Crippen molar-refractivity contribution in [1.82, 2.24) is 10.2 Å². The van der Waals surface area contributed by atoms with Gasteiger partial charge in [-0.25, -0.2) is 0 Å². The summed E-state index contributed by atoms with van der Waals surface area (Å²) in [5.41, 5.74) is 2.18. The molecule has 1 saturated heterocycles. The van der Waals surface area contributed by atoms with E-state index in [-0.39, 0.29) is 11.8 Å². The van der Waals surface area contributed by atoms with Crippen LogP contribution in [-0.4, -0.2) is 42.9 Å². The molecule has 2 rings (SSSR count). The second-order valence-corrected chi connectivity index (χ2v) is 6.01. The Morgan fingerprint density at radius 1 is 1.14 bits per heavy atom. The van der Waals surface area contributed by atoms with Crippen LogP contribution in [-0.2, 0) is 0 Å². The van der Waals surface area contributed by atoms with Crippen LogP contribution in [0.15, 0.2) is 24.3 Å². The molecule has 0 aliphatic carbocycles. The summed E-state index contributed by atoms with van der Waals surface area (Å²) in [4.78, 5) is 15.1. The molecule has 1 aliphatic heterocycles. The van der Waals surface area contributed by atoms with Crippen LogP contribution in [0.2, 0.25) is 0 Å². The molecule has 0 saturated carbocycles. The van der Waals surface area contributed by atoms with Crippen molar-refractivity contribution < 1.29 is 4.79 Å². The van der Waals surface area contributed by atoms with Gasteiger partial charge in [-0.2, -0.15) is 0 Å². The van der Waals surface area contributed by atoms with Crippen LogP contribution < -0.4 is 5.32 Å². The molecular weight excluding hydrogens is 260 g/mol. The minimum Gasteiger partial charge on any atom is -0.314 e. The van der Waals surface area contributed by atoms with E-state index in [0.29, 0.717) is 5.92 Å². The molecule has 1 aromatic rings. The van der Waals surface area contributed by atoms with Gasteiger partial charge in [0.05, 0.1) is 6.04 Å². The van der Waals surface area contributed by atoms with Gasteiger partial charge in [-0.1, -0.05) is 45.0 Å². The van der Waals surface area contributed by atoms with Crippen LogP contribution >= 0.6 is 0 Å². The average molecular weight is 288 g/mol. The standard InChI is InChI=1S/C18H28N2O/c1-4-14(3)15-6-8-16(9-7-15)18(21)17(5-2)20-12-10-19-11-13-20/h6-9,14,17,19H,4-5,10-13H2,1-3H3. The maximum absolute atomic E-state index is 12.8. The number of nitrogens with zero attached hydrogens (tertiary/aromatic N) is 1. The first-order valence-corrected chi connectivity index (χ1v) is 8.26. The lowest BCUT2D eigenvalue weighted by molar-refractivity contribution is 0.0790. The van der Waals surface area contributed by atoms with E-state index in [1.165, 1.54) is 5.56 Å². The van der Waals surface area contributed by atoms with Crippen molar-refractivity contribution in [2.24, 2.45) is 0 Å². The van der Waals surface area contributed by atoms with Gasteiger partial charge in [0.15, 0.2) is 5.78 Å². The third-order valence-corrected chi connectivity index (χ3v) is 4.66. The van der Waals surface area contributed by atoms with Crippen LogP contribution in [0, 0.1) is 0 Å². The Balaban J connectivity index is 2.09. The SMILES string of the molecule is CCC(C)c1ccc(C(=O)C(CC)N2CCNCC2)cc1. The van der Waals surface area contributed by atoms with E-state index in [2.05, 4.69) is 43.1 Å². The van der Waals surface area contributed by atoms with Gasteiger partial charge in [-0.05, 0) is 24.3 Å². The number of rotatable bonds is 6. The van der Waals surface area contributed by atoms with Crippen LogP contribution in [0.25, 0.3) is 0 Å². The summed E-state index contributed by atoms with van der Waals surface area (Å²) in [7, 11) is 0. The van der Waals surface area contributed by atoms with Gasteiger partial charge in [0.2, 0.25) is 0 Å². The molecule has 116 valence electrons. The molecule has 0 radical (unpaired) electrons. The van der Waals surface area contributed by atoms with Gasteiger partial charge in [-0.3, -0.25) is 9.69 Å². The third kappa shape index (κ3) is 3.92. The molecule has 1 heterocycles. The van der Waals surface area contributed by atoms with Crippen molar-refractivity contribution in [3.63, 3.8) is 0 Å². The fraction of sp³-hybridized carbons (Fsp3) is 0.611. The molecule has 2 atom stereocenters. The minimum absolute atomic E-state index is 0.0292. The highest BCUT2D eigenvalue weighted by molar-refractivity contribution is 6.00. The second kappa shape index (κ2) is 7.71. The van der Waals surface area contributed by atoms with Gasteiger partial charge >= 0.3 is 0 Å². The predicted molar refractivity (Wildman–Crippen MR) is 88.0 cm³/mol. The Morgan fingerprint density at radius 2 is 1.76 bits per heavy atom. The molecule has 2 unspecified atom stereocenters. The Hall–Kier alpha value is -1.19. The molecule has 0 bridgehead atoms. The summed E-state index contributed by atoms with van der Waals surface area (Å²) in [5, 5.41) is 3.35. The highest BCUT2D eigenvalue weighted by Crippen LogP contribution is 2.20. The molecule has 0 spiro atoms. The van der Waals surface area contributed by atoms with Crippen molar-refractivity contribution in [3.8, 4) is 0 Å². The summed E-state index contributed by atoms with van der Waals surface area (Å²) in [6, 6.07) is 8.28. The fourth-order valence-electron chi connectivity index (χ4n) is 3.01. The van der Waals surface area contributed by atoms with Crippen molar-refractivity contribution in [3.05, 3.63) is 35.4 Å². The number of hydrogen-bond acceptors (Lipinski definition) is 3. The molecule has 1 N–H and O–H groups in total. The monoisotopic (exact) mass is 288 g/mol. The Labute approximate surface area is 128 Å². The van der Waals surface area contributed by atoms with Gasteiger partial charge in [0, 0.05) is 31.7 Å². The average Bonchev–Trinajstić information content (AvgIpc) is 2.56. The first kappa shape index (κ1) is 16.2. The largest absolute Gasteiger partial charge is 0.314 e. The summed E-state index contributed by atoms with van der Waals surface area (Å²) in [6.45, 7) is 10.4. The first-order chi connectivity index (χ1) is 10.2.